The Labute approximate surface area is 194 Å². The van der Waals surface area contributed by atoms with Crippen LogP contribution in [0.3, 0.4) is 0 Å². The number of nitrogens with zero attached hydrogens (tertiary/aromatic N) is 3. The standard InChI is InChI=1S/C25H29N5OS/c1-16-9-5-6-10-20(16)27-22(31)12-14-30-24(19-15-17(2)29(4)18(19)3)23(28-25(30)32)21-11-7-8-13-26-21/h5-11,13,15,23-24H,12,14H2,1-4H3,(H,27,31)(H,28,32). The third-order valence-electron chi connectivity index (χ3n) is 6.33. The van der Waals surface area contributed by atoms with Crippen LogP contribution in [0.5, 0.6) is 0 Å². The number of para-hydroxylation sites is 1. The Hall–Kier alpha value is -3.19. The van der Waals surface area contributed by atoms with Gasteiger partial charge < -0.3 is 20.1 Å². The lowest BCUT2D eigenvalue weighted by Crippen LogP contribution is -2.33. The number of thiocarbonyl (C=S) groups is 1. The van der Waals surface area contributed by atoms with Crippen molar-refractivity contribution in [2.24, 2.45) is 7.05 Å². The van der Waals surface area contributed by atoms with E-state index >= 15 is 0 Å². The molecule has 2 N–H and O–H groups in total. The summed E-state index contributed by atoms with van der Waals surface area (Å²) in [5, 5.41) is 7.13. The van der Waals surface area contributed by atoms with Crippen LogP contribution in [0, 0.1) is 20.8 Å². The first kappa shape index (κ1) is 22.0. The Bertz CT molecular complexity index is 1140. The molecule has 2 atom stereocenters. The van der Waals surface area contributed by atoms with Crippen LogP contribution in [0.25, 0.3) is 0 Å². The Morgan fingerprint density at radius 1 is 1.16 bits per heavy atom. The average molecular weight is 448 g/mol. The van der Waals surface area contributed by atoms with Gasteiger partial charge in [0.15, 0.2) is 5.11 Å². The maximum atomic E-state index is 12.7. The van der Waals surface area contributed by atoms with E-state index in [1.807, 2.05) is 49.4 Å². The fraction of sp³-hybridized carbons (Fsp3) is 0.320. The van der Waals surface area contributed by atoms with Crippen LogP contribution in [0.15, 0.2) is 54.7 Å². The molecule has 1 amide bonds. The zero-order chi connectivity index (χ0) is 22.8. The highest BCUT2D eigenvalue weighted by Gasteiger charge is 2.41. The second-order valence-corrected chi connectivity index (χ2v) is 8.71. The highest BCUT2D eigenvalue weighted by atomic mass is 32.1. The van der Waals surface area contributed by atoms with Gasteiger partial charge >= 0.3 is 0 Å². The monoisotopic (exact) mass is 447 g/mol. The van der Waals surface area contributed by atoms with Gasteiger partial charge in [0, 0.05) is 43.3 Å². The average Bonchev–Trinajstić information content (AvgIpc) is 3.25. The molecule has 1 fully saturated rings. The third kappa shape index (κ3) is 4.25. The van der Waals surface area contributed by atoms with E-state index in [0.717, 1.165) is 16.9 Å². The minimum absolute atomic E-state index is 0.0249. The van der Waals surface area contributed by atoms with E-state index < -0.39 is 0 Å². The summed E-state index contributed by atoms with van der Waals surface area (Å²) in [4.78, 5) is 19.5. The summed E-state index contributed by atoms with van der Waals surface area (Å²) in [5.41, 5.74) is 6.40. The summed E-state index contributed by atoms with van der Waals surface area (Å²) < 4.78 is 2.19. The smallest absolute Gasteiger partial charge is 0.226 e. The molecule has 0 spiro atoms. The van der Waals surface area contributed by atoms with Crippen LogP contribution in [-0.4, -0.2) is 32.0 Å². The number of carbonyl (C=O) groups is 1. The summed E-state index contributed by atoms with van der Waals surface area (Å²) in [6.45, 7) is 6.74. The Kier molecular flexibility index (Phi) is 6.28. The largest absolute Gasteiger partial charge is 0.352 e. The SMILES string of the molecule is Cc1ccccc1NC(=O)CCN1C(=S)NC(c2ccccn2)C1c1cc(C)n(C)c1C. The number of aryl methyl sites for hydroxylation is 2. The molecule has 4 rings (SSSR count). The molecule has 0 bridgehead atoms. The van der Waals surface area contributed by atoms with Gasteiger partial charge in [-0.15, -0.1) is 0 Å². The Morgan fingerprint density at radius 3 is 2.56 bits per heavy atom. The molecule has 1 aliphatic rings. The molecule has 0 saturated carbocycles. The molecular formula is C25H29N5OS. The van der Waals surface area contributed by atoms with Crippen LogP contribution < -0.4 is 10.6 Å². The topological polar surface area (TPSA) is 62.2 Å². The number of nitrogens with one attached hydrogen (secondary N) is 2. The number of pyridine rings is 1. The summed E-state index contributed by atoms with van der Waals surface area (Å²) in [7, 11) is 2.07. The van der Waals surface area contributed by atoms with Crippen molar-refractivity contribution in [2.45, 2.75) is 39.3 Å². The highest BCUT2D eigenvalue weighted by Crippen LogP contribution is 2.40. The lowest BCUT2D eigenvalue weighted by atomic mass is 9.96. The van der Waals surface area contributed by atoms with Gasteiger partial charge in [-0.25, -0.2) is 0 Å². The van der Waals surface area contributed by atoms with Crippen molar-refractivity contribution in [2.75, 3.05) is 11.9 Å². The molecule has 1 saturated heterocycles. The fourth-order valence-corrected chi connectivity index (χ4v) is 4.65. The maximum Gasteiger partial charge on any atom is 0.226 e. The van der Waals surface area contributed by atoms with Crippen LogP contribution in [0.4, 0.5) is 5.69 Å². The zero-order valence-corrected chi connectivity index (χ0v) is 19.7. The van der Waals surface area contributed by atoms with Gasteiger partial charge in [-0.1, -0.05) is 24.3 Å². The fourth-order valence-electron chi connectivity index (χ4n) is 4.32. The first-order valence-corrected chi connectivity index (χ1v) is 11.2. The van der Waals surface area contributed by atoms with E-state index in [1.165, 1.54) is 17.0 Å². The molecule has 0 radical (unpaired) electrons. The number of rotatable bonds is 6. The van der Waals surface area contributed by atoms with Crippen LogP contribution >= 0.6 is 12.2 Å². The number of anilines is 1. The number of benzene rings is 1. The molecule has 1 aromatic carbocycles. The van der Waals surface area contributed by atoms with Crippen molar-refractivity contribution in [1.82, 2.24) is 19.8 Å². The number of amides is 1. The van der Waals surface area contributed by atoms with E-state index in [1.54, 1.807) is 6.20 Å². The number of hydrogen-bond acceptors (Lipinski definition) is 3. The molecular weight excluding hydrogens is 418 g/mol. The van der Waals surface area contributed by atoms with Crippen molar-refractivity contribution in [3.8, 4) is 0 Å². The normalized spacial score (nSPS) is 18.0. The van der Waals surface area contributed by atoms with Crippen molar-refractivity contribution in [1.29, 1.82) is 0 Å². The summed E-state index contributed by atoms with van der Waals surface area (Å²) >= 11 is 5.73. The van der Waals surface area contributed by atoms with Crippen molar-refractivity contribution in [3.05, 3.63) is 82.9 Å². The molecule has 0 aliphatic carbocycles. The molecule has 1 aliphatic heterocycles. The van der Waals surface area contributed by atoms with E-state index in [0.29, 0.717) is 18.1 Å². The quantitative estimate of drug-likeness (QED) is 0.550. The molecule has 3 aromatic rings. The predicted molar refractivity (Wildman–Crippen MR) is 131 cm³/mol. The lowest BCUT2D eigenvalue weighted by molar-refractivity contribution is -0.116. The molecule has 7 heteroatoms. The van der Waals surface area contributed by atoms with Crippen LogP contribution in [0.2, 0.25) is 0 Å². The highest BCUT2D eigenvalue weighted by molar-refractivity contribution is 7.80. The van der Waals surface area contributed by atoms with Crippen LogP contribution in [-0.2, 0) is 11.8 Å². The van der Waals surface area contributed by atoms with Gasteiger partial charge in [-0.05, 0) is 68.4 Å². The van der Waals surface area contributed by atoms with Gasteiger partial charge in [-0.2, -0.15) is 0 Å². The molecule has 32 heavy (non-hydrogen) atoms. The number of hydrogen-bond donors (Lipinski definition) is 2. The number of carbonyl (C=O) groups excluding carboxylic acids is 1. The van der Waals surface area contributed by atoms with Gasteiger partial charge in [-0.3, -0.25) is 9.78 Å². The first-order valence-electron chi connectivity index (χ1n) is 10.8. The molecule has 2 unspecified atom stereocenters. The summed E-state index contributed by atoms with van der Waals surface area (Å²) in [6, 6.07) is 15.8. The maximum absolute atomic E-state index is 12.7. The zero-order valence-electron chi connectivity index (χ0n) is 18.9. The minimum atomic E-state index is -0.0800. The van der Waals surface area contributed by atoms with Crippen molar-refractivity contribution < 1.29 is 4.79 Å². The minimum Gasteiger partial charge on any atom is -0.352 e. The number of aromatic nitrogens is 2. The van der Waals surface area contributed by atoms with Gasteiger partial charge in [0.2, 0.25) is 5.91 Å². The van der Waals surface area contributed by atoms with E-state index in [2.05, 4.69) is 52.0 Å². The van der Waals surface area contributed by atoms with Gasteiger partial charge in [0.25, 0.3) is 0 Å². The van der Waals surface area contributed by atoms with E-state index in [4.69, 9.17) is 12.2 Å². The van der Waals surface area contributed by atoms with Crippen molar-refractivity contribution >= 4 is 28.9 Å². The predicted octanol–water partition coefficient (Wildman–Crippen LogP) is 4.35. The molecule has 2 aromatic heterocycles. The molecule has 3 heterocycles. The van der Waals surface area contributed by atoms with Crippen LogP contribution in [0.1, 0.15) is 46.7 Å². The third-order valence-corrected chi connectivity index (χ3v) is 6.68. The first-order chi connectivity index (χ1) is 15.4. The molecule has 166 valence electrons. The lowest BCUT2D eigenvalue weighted by Gasteiger charge is -2.28. The summed E-state index contributed by atoms with van der Waals surface area (Å²) in [6.07, 6.45) is 2.14. The van der Waals surface area contributed by atoms with E-state index in [9.17, 15) is 4.79 Å². The molecule has 6 nitrogen and oxygen atoms in total. The summed E-state index contributed by atoms with van der Waals surface area (Å²) in [5.74, 6) is -0.0249. The van der Waals surface area contributed by atoms with Crippen molar-refractivity contribution in [3.63, 3.8) is 0 Å². The second kappa shape index (κ2) is 9.12. The van der Waals surface area contributed by atoms with E-state index in [-0.39, 0.29) is 18.0 Å². The van der Waals surface area contributed by atoms with Gasteiger partial charge in [0.1, 0.15) is 0 Å². The van der Waals surface area contributed by atoms with Gasteiger partial charge in [0.05, 0.1) is 17.8 Å². The Balaban J connectivity index is 1.59. The second-order valence-electron chi connectivity index (χ2n) is 8.32. The Morgan fingerprint density at radius 2 is 1.91 bits per heavy atom.